The Hall–Kier alpha value is -2.55. The van der Waals surface area contributed by atoms with Crippen LogP contribution in [0, 0.1) is 5.41 Å². The maximum absolute atomic E-state index is 12.0. The molecule has 0 aliphatic rings. The van der Waals surface area contributed by atoms with Crippen LogP contribution in [0.15, 0.2) is 111 Å². The molecular formula is C21H27O4P. The summed E-state index contributed by atoms with van der Waals surface area (Å²) in [7, 11) is -4.38. The highest BCUT2D eigenvalue weighted by molar-refractivity contribution is 7.47. The zero-order chi connectivity index (χ0) is 20.2. The number of phosphoric ester groups is 1. The molecule has 140 valence electrons. The SMILES string of the molecule is C=C/C=C\C=C\C(C)(C)C(=C)/C=C\C(=C)OP(=O)(O)O/C(C=C)=C/C=C. The van der Waals surface area contributed by atoms with Crippen LogP contribution in [0.1, 0.15) is 13.8 Å². The van der Waals surface area contributed by atoms with Gasteiger partial charge in [-0.05, 0) is 23.8 Å². The van der Waals surface area contributed by atoms with Gasteiger partial charge >= 0.3 is 7.82 Å². The van der Waals surface area contributed by atoms with Crippen LogP contribution in [0.2, 0.25) is 0 Å². The molecule has 0 aromatic carbocycles. The van der Waals surface area contributed by atoms with E-state index in [4.69, 9.17) is 9.05 Å². The van der Waals surface area contributed by atoms with E-state index in [9.17, 15) is 9.46 Å². The minimum absolute atomic E-state index is 0.0367. The summed E-state index contributed by atoms with van der Waals surface area (Å²) in [5.74, 6) is 0.0243. The summed E-state index contributed by atoms with van der Waals surface area (Å²) >= 11 is 0. The molecule has 0 spiro atoms. The van der Waals surface area contributed by atoms with Crippen molar-refractivity contribution in [1.82, 2.24) is 0 Å². The fourth-order valence-corrected chi connectivity index (χ4v) is 2.33. The van der Waals surface area contributed by atoms with Gasteiger partial charge in [-0.2, -0.15) is 0 Å². The molecule has 0 aromatic heterocycles. The molecule has 0 heterocycles. The second kappa shape index (κ2) is 11.1. The van der Waals surface area contributed by atoms with Crippen LogP contribution in [-0.2, 0) is 13.6 Å². The first-order chi connectivity index (χ1) is 12.1. The minimum Gasteiger partial charge on any atom is -0.396 e. The second-order valence-corrected chi connectivity index (χ2v) is 6.99. The summed E-state index contributed by atoms with van der Waals surface area (Å²) in [4.78, 5) is 9.75. The van der Waals surface area contributed by atoms with Gasteiger partial charge in [0.05, 0.1) is 0 Å². The van der Waals surface area contributed by atoms with Crippen LogP contribution in [0.25, 0.3) is 0 Å². The van der Waals surface area contributed by atoms with Crippen molar-refractivity contribution in [2.24, 2.45) is 5.41 Å². The second-order valence-electron chi connectivity index (χ2n) is 5.69. The standard InChI is InChI=1S/C21H27O4P/c1-8-11-12-13-17-21(6,7)18(4)15-16-19(5)24-26(22,23)25-20(10-3)14-9-2/h8-17H,1-5H2,6-7H3,(H,22,23)/b12-11-,16-15-,17-13+,20-14+. The van der Waals surface area contributed by atoms with E-state index in [-0.39, 0.29) is 16.9 Å². The Balaban J connectivity index is 4.94. The summed E-state index contributed by atoms with van der Waals surface area (Å²) < 4.78 is 21.7. The lowest BCUT2D eigenvalue weighted by Gasteiger charge is -2.21. The van der Waals surface area contributed by atoms with Gasteiger partial charge in [0, 0.05) is 5.41 Å². The predicted molar refractivity (Wildman–Crippen MR) is 110 cm³/mol. The largest absolute Gasteiger partial charge is 0.584 e. The lowest BCUT2D eigenvalue weighted by molar-refractivity contribution is 0.225. The molecular weight excluding hydrogens is 347 g/mol. The van der Waals surface area contributed by atoms with E-state index >= 15 is 0 Å². The van der Waals surface area contributed by atoms with Gasteiger partial charge in [-0.25, -0.2) is 4.57 Å². The molecule has 0 fully saturated rings. The van der Waals surface area contributed by atoms with Gasteiger partial charge in [0.15, 0.2) is 0 Å². The van der Waals surface area contributed by atoms with Gasteiger partial charge < -0.3 is 9.05 Å². The normalized spacial score (nSPS) is 15.0. The molecule has 1 atom stereocenters. The smallest absolute Gasteiger partial charge is 0.396 e. The lowest BCUT2D eigenvalue weighted by atomic mass is 9.84. The van der Waals surface area contributed by atoms with Crippen LogP contribution >= 0.6 is 7.82 Å². The summed E-state index contributed by atoms with van der Waals surface area (Å²) in [5.41, 5.74) is 0.433. The molecule has 0 radical (unpaired) electrons. The van der Waals surface area contributed by atoms with Crippen molar-refractivity contribution >= 4 is 7.82 Å². The Labute approximate surface area is 156 Å². The van der Waals surface area contributed by atoms with Crippen molar-refractivity contribution in [2.75, 3.05) is 0 Å². The minimum atomic E-state index is -4.38. The first-order valence-corrected chi connectivity index (χ1v) is 9.28. The predicted octanol–water partition coefficient (Wildman–Crippen LogP) is 6.33. The molecule has 1 unspecified atom stereocenters. The zero-order valence-corrected chi connectivity index (χ0v) is 16.3. The molecule has 0 aliphatic carbocycles. The number of rotatable bonds is 12. The molecule has 0 aliphatic heterocycles. The average Bonchev–Trinajstić information content (AvgIpc) is 2.55. The zero-order valence-electron chi connectivity index (χ0n) is 15.4. The monoisotopic (exact) mass is 374 g/mol. The molecule has 0 saturated heterocycles. The maximum Gasteiger partial charge on any atom is 0.584 e. The molecule has 4 nitrogen and oxygen atoms in total. The third-order valence-electron chi connectivity index (χ3n) is 3.11. The van der Waals surface area contributed by atoms with Crippen molar-refractivity contribution in [2.45, 2.75) is 13.8 Å². The van der Waals surface area contributed by atoms with E-state index in [2.05, 4.69) is 32.9 Å². The quantitative estimate of drug-likeness (QED) is 0.246. The molecule has 1 N–H and O–H groups in total. The molecule has 5 heteroatoms. The summed E-state index contributed by atoms with van der Waals surface area (Å²) in [6.45, 7) is 22.1. The van der Waals surface area contributed by atoms with E-state index in [1.54, 1.807) is 12.2 Å². The summed E-state index contributed by atoms with van der Waals surface area (Å²) in [5, 5.41) is 0. The molecule has 0 amide bonds. The van der Waals surface area contributed by atoms with Crippen LogP contribution in [0.4, 0.5) is 0 Å². The highest BCUT2D eigenvalue weighted by Crippen LogP contribution is 2.47. The van der Waals surface area contributed by atoms with Crippen LogP contribution in [0.3, 0.4) is 0 Å². The number of hydrogen-bond donors (Lipinski definition) is 1. The summed E-state index contributed by atoms with van der Waals surface area (Å²) in [6, 6.07) is 0. The van der Waals surface area contributed by atoms with Crippen molar-refractivity contribution in [3.8, 4) is 0 Å². The topological polar surface area (TPSA) is 55.8 Å². The van der Waals surface area contributed by atoms with E-state index in [0.29, 0.717) is 0 Å². The average molecular weight is 374 g/mol. The van der Waals surface area contributed by atoms with Gasteiger partial charge in [0.25, 0.3) is 0 Å². The van der Waals surface area contributed by atoms with Gasteiger partial charge in [-0.1, -0.05) is 89.3 Å². The Morgan fingerprint density at radius 1 is 1.00 bits per heavy atom. The molecule has 0 aromatic rings. The van der Waals surface area contributed by atoms with Gasteiger partial charge in [-0.3, -0.25) is 4.89 Å². The molecule has 0 rings (SSSR count). The fourth-order valence-electron chi connectivity index (χ4n) is 1.54. The number of hydrogen-bond acceptors (Lipinski definition) is 3. The van der Waals surface area contributed by atoms with E-state index in [1.165, 1.54) is 24.3 Å². The maximum atomic E-state index is 12.0. The highest BCUT2D eigenvalue weighted by atomic mass is 31.2. The van der Waals surface area contributed by atoms with Gasteiger partial charge in [0.2, 0.25) is 0 Å². The third kappa shape index (κ3) is 9.67. The Morgan fingerprint density at radius 3 is 2.19 bits per heavy atom. The van der Waals surface area contributed by atoms with Crippen molar-refractivity contribution in [1.29, 1.82) is 0 Å². The Kier molecular flexibility index (Phi) is 10.0. The van der Waals surface area contributed by atoms with Crippen molar-refractivity contribution in [3.63, 3.8) is 0 Å². The van der Waals surface area contributed by atoms with Crippen molar-refractivity contribution < 1.29 is 18.5 Å². The van der Waals surface area contributed by atoms with Crippen LogP contribution < -0.4 is 0 Å². The third-order valence-corrected chi connectivity index (χ3v) is 4.01. The Bertz CT molecular complexity index is 718. The molecule has 0 bridgehead atoms. The van der Waals surface area contributed by atoms with E-state index in [0.717, 1.165) is 5.57 Å². The van der Waals surface area contributed by atoms with E-state index < -0.39 is 7.82 Å². The fraction of sp³-hybridized carbons (Fsp3) is 0.143. The van der Waals surface area contributed by atoms with Crippen molar-refractivity contribution in [3.05, 3.63) is 111 Å². The van der Waals surface area contributed by atoms with Gasteiger partial charge in [0.1, 0.15) is 11.5 Å². The Morgan fingerprint density at radius 2 is 1.65 bits per heavy atom. The van der Waals surface area contributed by atoms with Crippen LogP contribution in [-0.4, -0.2) is 4.89 Å². The molecule has 0 saturated carbocycles. The first-order valence-electron chi connectivity index (χ1n) is 7.78. The van der Waals surface area contributed by atoms with Gasteiger partial charge in [-0.15, -0.1) is 0 Å². The number of allylic oxidation sites excluding steroid dienone is 11. The summed E-state index contributed by atoms with van der Waals surface area (Å²) in [6.07, 6.45) is 16.4. The highest BCUT2D eigenvalue weighted by Gasteiger charge is 2.25. The van der Waals surface area contributed by atoms with Crippen LogP contribution in [0.5, 0.6) is 0 Å². The van der Waals surface area contributed by atoms with E-state index in [1.807, 2.05) is 38.2 Å². The number of phosphoric acid groups is 1. The first kappa shape index (κ1) is 23.5. The lowest BCUT2D eigenvalue weighted by Crippen LogP contribution is -2.08. The molecule has 26 heavy (non-hydrogen) atoms.